The number of ether oxygens (including phenoxy) is 1. The molecule has 4 nitrogen and oxygen atoms in total. The van der Waals surface area contributed by atoms with Crippen LogP contribution in [-0.2, 0) is 11.2 Å². The normalized spacial score (nSPS) is 15.9. The first kappa shape index (κ1) is 14.3. The number of aldehydes is 1. The molecule has 0 aliphatic heterocycles. The van der Waals surface area contributed by atoms with Crippen LogP contribution in [0.5, 0.6) is 5.75 Å². The Morgan fingerprint density at radius 2 is 1.95 bits per heavy atom. The molecular formula is C18H17NO3. The average molecular weight is 295 g/mol. The van der Waals surface area contributed by atoms with Gasteiger partial charge in [-0.05, 0) is 36.1 Å². The molecule has 4 heteroatoms. The largest absolute Gasteiger partial charge is 0.483 e. The van der Waals surface area contributed by atoms with Gasteiger partial charge in [-0.3, -0.25) is 9.59 Å². The highest BCUT2D eigenvalue weighted by Gasteiger charge is 2.23. The van der Waals surface area contributed by atoms with Crippen LogP contribution in [0.4, 0.5) is 0 Å². The molecule has 1 atom stereocenters. The topological polar surface area (TPSA) is 55.4 Å². The van der Waals surface area contributed by atoms with E-state index in [1.165, 1.54) is 11.1 Å². The minimum atomic E-state index is -0.178. The van der Waals surface area contributed by atoms with Crippen LogP contribution >= 0.6 is 0 Å². The van der Waals surface area contributed by atoms with Crippen molar-refractivity contribution < 1.29 is 14.3 Å². The van der Waals surface area contributed by atoms with Crippen LogP contribution in [-0.4, -0.2) is 18.8 Å². The Balaban J connectivity index is 1.59. The lowest BCUT2D eigenvalue weighted by atomic mass is 10.1. The van der Waals surface area contributed by atoms with E-state index in [0.717, 1.165) is 19.1 Å². The zero-order valence-corrected chi connectivity index (χ0v) is 12.1. The summed E-state index contributed by atoms with van der Waals surface area (Å²) in [6.07, 6.45) is 2.62. The van der Waals surface area contributed by atoms with Gasteiger partial charge in [0.1, 0.15) is 5.75 Å². The Kier molecular flexibility index (Phi) is 4.19. The minimum absolute atomic E-state index is 0.0496. The van der Waals surface area contributed by atoms with E-state index in [1.54, 1.807) is 24.3 Å². The summed E-state index contributed by atoms with van der Waals surface area (Å²) in [6, 6.07) is 15.1. The summed E-state index contributed by atoms with van der Waals surface area (Å²) < 4.78 is 5.44. The standard InChI is InChI=1S/C18H17NO3/c20-11-14-6-2-4-8-17(14)22-12-18(21)19-16-10-9-13-5-1-3-7-15(13)16/h1-8,11,16H,9-10,12H2,(H,19,21). The van der Waals surface area contributed by atoms with E-state index in [4.69, 9.17) is 4.74 Å². The Morgan fingerprint density at radius 1 is 1.18 bits per heavy atom. The fourth-order valence-corrected chi connectivity index (χ4v) is 2.80. The number of nitrogens with one attached hydrogen (secondary N) is 1. The van der Waals surface area contributed by atoms with Crippen molar-refractivity contribution in [2.45, 2.75) is 18.9 Å². The van der Waals surface area contributed by atoms with Gasteiger partial charge in [-0.1, -0.05) is 36.4 Å². The fraction of sp³-hybridized carbons (Fsp3) is 0.222. The maximum Gasteiger partial charge on any atom is 0.258 e. The Morgan fingerprint density at radius 3 is 2.82 bits per heavy atom. The maximum absolute atomic E-state index is 12.1. The number of hydrogen-bond donors (Lipinski definition) is 1. The number of rotatable bonds is 5. The van der Waals surface area contributed by atoms with Gasteiger partial charge in [-0.25, -0.2) is 0 Å². The van der Waals surface area contributed by atoms with Crippen LogP contribution < -0.4 is 10.1 Å². The maximum atomic E-state index is 12.1. The molecule has 0 fully saturated rings. The van der Waals surface area contributed by atoms with Crippen LogP contribution in [0.1, 0.15) is 33.9 Å². The van der Waals surface area contributed by atoms with E-state index in [2.05, 4.69) is 17.4 Å². The zero-order chi connectivity index (χ0) is 15.4. The van der Waals surface area contributed by atoms with Crippen molar-refractivity contribution in [3.05, 3.63) is 65.2 Å². The molecule has 3 rings (SSSR count). The van der Waals surface area contributed by atoms with Gasteiger partial charge >= 0.3 is 0 Å². The van der Waals surface area contributed by atoms with Gasteiger partial charge in [0.15, 0.2) is 12.9 Å². The summed E-state index contributed by atoms with van der Waals surface area (Å²) in [5.74, 6) is 0.252. The molecular weight excluding hydrogens is 278 g/mol. The summed E-state index contributed by atoms with van der Waals surface area (Å²) in [4.78, 5) is 23.0. The van der Waals surface area contributed by atoms with Gasteiger partial charge in [-0.15, -0.1) is 0 Å². The summed E-state index contributed by atoms with van der Waals surface area (Å²) >= 11 is 0. The number of para-hydroxylation sites is 1. The van der Waals surface area contributed by atoms with E-state index in [-0.39, 0.29) is 18.6 Å². The third-order valence-corrected chi connectivity index (χ3v) is 3.87. The van der Waals surface area contributed by atoms with E-state index < -0.39 is 0 Å². The molecule has 0 saturated carbocycles. The second-order valence-electron chi connectivity index (χ2n) is 5.30. The second kappa shape index (κ2) is 6.43. The van der Waals surface area contributed by atoms with Gasteiger partial charge in [-0.2, -0.15) is 0 Å². The lowest BCUT2D eigenvalue weighted by molar-refractivity contribution is -0.123. The molecule has 1 N–H and O–H groups in total. The van der Waals surface area contributed by atoms with Crippen molar-refractivity contribution in [3.63, 3.8) is 0 Å². The molecule has 112 valence electrons. The number of carbonyl (C=O) groups is 2. The smallest absolute Gasteiger partial charge is 0.258 e. The lowest BCUT2D eigenvalue weighted by Crippen LogP contribution is -2.31. The molecule has 1 aliphatic rings. The number of benzene rings is 2. The quantitative estimate of drug-likeness (QED) is 0.863. The van der Waals surface area contributed by atoms with Gasteiger partial charge < -0.3 is 10.1 Å². The average Bonchev–Trinajstić information content (AvgIpc) is 2.96. The molecule has 0 heterocycles. The van der Waals surface area contributed by atoms with Crippen LogP contribution in [0, 0.1) is 0 Å². The highest BCUT2D eigenvalue weighted by molar-refractivity contribution is 5.81. The zero-order valence-electron chi connectivity index (χ0n) is 12.1. The predicted molar refractivity (Wildman–Crippen MR) is 83.0 cm³/mol. The van der Waals surface area contributed by atoms with Crippen molar-refractivity contribution in [1.82, 2.24) is 5.32 Å². The van der Waals surface area contributed by atoms with Crippen LogP contribution in [0.25, 0.3) is 0 Å². The Bertz CT molecular complexity index is 696. The van der Waals surface area contributed by atoms with Crippen LogP contribution in [0.3, 0.4) is 0 Å². The summed E-state index contributed by atoms with van der Waals surface area (Å²) in [7, 11) is 0. The molecule has 0 spiro atoms. The summed E-state index contributed by atoms with van der Waals surface area (Å²) in [5, 5.41) is 2.99. The molecule has 0 radical (unpaired) electrons. The third-order valence-electron chi connectivity index (χ3n) is 3.87. The van der Waals surface area contributed by atoms with Gasteiger partial charge in [0, 0.05) is 0 Å². The summed E-state index contributed by atoms with van der Waals surface area (Å²) in [5.41, 5.74) is 2.92. The number of aryl methyl sites for hydroxylation is 1. The van der Waals surface area contributed by atoms with E-state index in [0.29, 0.717) is 11.3 Å². The molecule has 2 aromatic carbocycles. The monoisotopic (exact) mass is 295 g/mol. The Labute approximate surface area is 129 Å². The highest BCUT2D eigenvalue weighted by Crippen LogP contribution is 2.30. The minimum Gasteiger partial charge on any atom is -0.483 e. The predicted octanol–water partition coefficient (Wildman–Crippen LogP) is 2.68. The van der Waals surface area contributed by atoms with E-state index in [1.807, 2.05) is 12.1 Å². The van der Waals surface area contributed by atoms with Gasteiger partial charge in [0.25, 0.3) is 5.91 Å². The fourth-order valence-electron chi connectivity index (χ4n) is 2.80. The van der Waals surface area contributed by atoms with Gasteiger partial charge in [0.05, 0.1) is 11.6 Å². The number of fused-ring (bicyclic) bond motifs is 1. The first-order valence-electron chi connectivity index (χ1n) is 7.32. The van der Waals surface area contributed by atoms with E-state index in [9.17, 15) is 9.59 Å². The molecule has 2 aromatic rings. The van der Waals surface area contributed by atoms with Gasteiger partial charge in [0.2, 0.25) is 0 Å². The van der Waals surface area contributed by atoms with E-state index >= 15 is 0 Å². The SMILES string of the molecule is O=Cc1ccccc1OCC(=O)NC1CCc2ccccc21. The molecule has 1 amide bonds. The molecule has 0 saturated heterocycles. The van der Waals surface area contributed by atoms with Crippen molar-refractivity contribution in [2.24, 2.45) is 0 Å². The van der Waals surface area contributed by atoms with Crippen LogP contribution in [0.2, 0.25) is 0 Å². The molecule has 0 aromatic heterocycles. The second-order valence-corrected chi connectivity index (χ2v) is 5.30. The first-order chi connectivity index (χ1) is 10.8. The molecule has 1 aliphatic carbocycles. The Hall–Kier alpha value is -2.62. The van der Waals surface area contributed by atoms with Crippen LogP contribution in [0.15, 0.2) is 48.5 Å². The molecule has 22 heavy (non-hydrogen) atoms. The first-order valence-corrected chi connectivity index (χ1v) is 7.32. The lowest BCUT2D eigenvalue weighted by Gasteiger charge is -2.15. The van der Waals surface area contributed by atoms with Crippen molar-refractivity contribution in [2.75, 3.05) is 6.61 Å². The number of carbonyl (C=O) groups excluding carboxylic acids is 2. The van der Waals surface area contributed by atoms with Crippen molar-refractivity contribution in [1.29, 1.82) is 0 Å². The highest BCUT2D eigenvalue weighted by atomic mass is 16.5. The van der Waals surface area contributed by atoms with Crippen molar-refractivity contribution >= 4 is 12.2 Å². The molecule has 1 unspecified atom stereocenters. The molecule has 0 bridgehead atoms. The number of hydrogen-bond acceptors (Lipinski definition) is 3. The number of amides is 1. The summed E-state index contributed by atoms with van der Waals surface area (Å²) in [6.45, 7) is -0.0937. The van der Waals surface area contributed by atoms with Crippen molar-refractivity contribution in [3.8, 4) is 5.75 Å². The third kappa shape index (κ3) is 3.01.